The average molecular weight is 370 g/mol. The molecule has 0 atom stereocenters. The van der Waals surface area contributed by atoms with Crippen LogP contribution in [0.1, 0.15) is 19.4 Å². The second-order valence-electron chi connectivity index (χ2n) is 7.70. The van der Waals surface area contributed by atoms with Crippen LogP contribution in [-0.4, -0.2) is 19.2 Å². The summed E-state index contributed by atoms with van der Waals surface area (Å²) >= 11 is 0. The van der Waals surface area contributed by atoms with Crippen LogP contribution < -0.4 is 15.4 Å². The van der Waals surface area contributed by atoms with Crippen LogP contribution in [0.25, 0.3) is 16.7 Å². The Morgan fingerprint density at radius 2 is 1.64 bits per heavy atom. The van der Waals surface area contributed by atoms with E-state index < -0.39 is 0 Å². The Hall–Kier alpha value is -3.20. The first-order valence-corrected chi connectivity index (χ1v) is 9.62. The molecule has 0 saturated heterocycles. The standard InChI is InChI=1S/C25H26N2O/c1-25(2)16-19(17-26-20-9-5-4-6-10-20)22-15-18(13-14-23(22)27-25)21-11-7-8-12-24(21)28-3/h4-16,26-27H,17H2,1-3H3. The number of methoxy groups -OCH3 is 1. The van der Waals surface area contributed by atoms with E-state index in [0.29, 0.717) is 0 Å². The van der Waals surface area contributed by atoms with Gasteiger partial charge in [0.1, 0.15) is 5.75 Å². The van der Waals surface area contributed by atoms with E-state index in [2.05, 4.69) is 79.1 Å². The maximum Gasteiger partial charge on any atom is 0.126 e. The van der Waals surface area contributed by atoms with E-state index in [1.54, 1.807) is 7.11 Å². The molecule has 0 saturated carbocycles. The molecule has 3 nitrogen and oxygen atoms in total. The van der Waals surface area contributed by atoms with Crippen LogP contribution in [0.2, 0.25) is 0 Å². The van der Waals surface area contributed by atoms with E-state index in [4.69, 9.17) is 4.74 Å². The number of ether oxygens (including phenoxy) is 1. The van der Waals surface area contributed by atoms with Crippen LogP contribution in [0.5, 0.6) is 5.75 Å². The van der Waals surface area contributed by atoms with Gasteiger partial charge < -0.3 is 15.4 Å². The van der Waals surface area contributed by atoms with Crippen molar-refractivity contribution in [3.05, 3.63) is 84.4 Å². The molecule has 1 heterocycles. The normalized spacial score (nSPS) is 14.5. The molecular weight excluding hydrogens is 344 g/mol. The minimum atomic E-state index is -0.0906. The minimum absolute atomic E-state index is 0.0906. The summed E-state index contributed by atoms with van der Waals surface area (Å²) in [4.78, 5) is 0. The number of rotatable bonds is 5. The third-order valence-corrected chi connectivity index (χ3v) is 5.03. The fraction of sp³-hybridized carbons (Fsp3) is 0.200. The molecule has 1 aliphatic rings. The van der Waals surface area contributed by atoms with Gasteiger partial charge in [0.25, 0.3) is 0 Å². The Morgan fingerprint density at radius 3 is 2.43 bits per heavy atom. The van der Waals surface area contributed by atoms with E-state index in [1.165, 1.54) is 11.1 Å². The quantitative estimate of drug-likeness (QED) is 0.572. The Kier molecular flexibility index (Phi) is 4.82. The Labute approximate surface area is 167 Å². The van der Waals surface area contributed by atoms with E-state index >= 15 is 0 Å². The largest absolute Gasteiger partial charge is 0.496 e. The number of hydrogen-bond acceptors (Lipinski definition) is 3. The lowest BCUT2D eigenvalue weighted by atomic mass is 9.88. The summed E-state index contributed by atoms with van der Waals surface area (Å²) in [7, 11) is 1.72. The molecule has 3 heteroatoms. The van der Waals surface area contributed by atoms with Crippen LogP contribution >= 0.6 is 0 Å². The van der Waals surface area contributed by atoms with Crippen molar-refractivity contribution in [2.75, 3.05) is 24.3 Å². The Morgan fingerprint density at radius 1 is 0.893 bits per heavy atom. The molecule has 3 aromatic rings. The number of hydrogen-bond donors (Lipinski definition) is 2. The zero-order valence-corrected chi connectivity index (χ0v) is 16.6. The molecule has 28 heavy (non-hydrogen) atoms. The highest BCUT2D eigenvalue weighted by atomic mass is 16.5. The van der Waals surface area contributed by atoms with E-state index in [-0.39, 0.29) is 5.54 Å². The molecule has 142 valence electrons. The van der Waals surface area contributed by atoms with Gasteiger partial charge in [-0.05, 0) is 55.3 Å². The molecule has 4 rings (SSSR count). The van der Waals surface area contributed by atoms with Crippen molar-refractivity contribution < 1.29 is 4.74 Å². The van der Waals surface area contributed by atoms with Gasteiger partial charge in [-0.25, -0.2) is 0 Å². The Balaban J connectivity index is 1.71. The Bertz CT molecular complexity index is 1010. The van der Waals surface area contributed by atoms with Crippen LogP contribution in [0.15, 0.2) is 78.9 Å². The first-order valence-electron chi connectivity index (χ1n) is 9.62. The number of nitrogens with one attached hydrogen (secondary N) is 2. The number of benzene rings is 3. The fourth-order valence-corrected chi connectivity index (χ4v) is 3.77. The van der Waals surface area contributed by atoms with Gasteiger partial charge in [0.05, 0.1) is 12.6 Å². The van der Waals surface area contributed by atoms with Gasteiger partial charge in [-0.1, -0.05) is 48.5 Å². The summed E-state index contributed by atoms with van der Waals surface area (Å²) in [5, 5.41) is 7.19. The summed E-state index contributed by atoms with van der Waals surface area (Å²) in [6, 6.07) is 25.1. The first-order chi connectivity index (χ1) is 13.6. The highest BCUT2D eigenvalue weighted by Gasteiger charge is 2.24. The van der Waals surface area contributed by atoms with Crippen LogP contribution in [0.3, 0.4) is 0 Å². The van der Waals surface area contributed by atoms with Gasteiger partial charge in [0.15, 0.2) is 0 Å². The van der Waals surface area contributed by atoms with Gasteiger partial charge >= 0.3 is 0 Å². The summed E-state index contributed by atoms with van der Waals surface area (Å²) in [5.74, 6) is 0.888. The van der Waals surface area contributed by atoms with Crippen molar-refractivity contribution in [2.24, 2.45) is 0 Å². The molecule has 3 aromatic carbocycles. The lowest BCUT2D eigenvalue weighted by Crippen LogP contribution is -2.32. The van der Waals surface area contributed by atoms with Gasteiger partial charge in [-0.15, -0.1) is 0 Å². The molecular formula is C25H26N2O. The maximum atomic E-state index is 5.57. The van der Waals surface area contributed by atoms with Crippen molar-refractivity contribution >= 4 is 16.9 Å². The predicted octanol–water partition coefficient (Wildman–Crippen LogP) is 6.06. The van der Waals surface area contributed by atoms with E-state index in [1.807, 2.05) is 24.3 Å². The monoisotopic (exact) mass is 370 g/mol. The van der Waals surface area contributed by atoms with Crippen molar-refractivity contribution in [3.8, 4) is 16.9 Å². The fourth-order valence-electron chi connectivity index (χ4n) is 3.77. The van der Waals surface area contributed by atoms with E-state index in [0.717, 1.165) is 34.8 Å². The molecule has 0 unspecified atom stereocenters. The molecule has 2 N–H and O–H groups in total. The van der Waals surface area contributed by atoms with Gasteiger partial charge in [0, 0.05) is 29.0 Å². The summed E-state index contributed by atoms with van der Waals surface area (Å²) in [5.41, 5.74) is 6.98. The summed E-state index contributed by atoms with van der Waals surface area (Å²) < 4.78 is 5.57. The van der Waals surface area contributed by atoms with Crippen LogP contribution in [0.4, 0.5) is 11.4 Å². The van der Waals surface area contributed by atoms with Crippen molar-refractivity contribution in [2.45, 2.75) is 19.4 Å². The van der Waals surface area contributed by atoms with Gasteiger partial charge in [-0.2, -0.15) is 0 Å². The lowest BCUT2D eigenvalue weighted by Gasteiger charge is -2.33. The molecule has 0 bridgehead atoms. The highest BCUT2D eigenvalue weighted by Crippen LogP contribution is 2.38. The first kappa shape index (κ1) is 18.2. The molecule has 0 radical (unpaired) electrons. The smallest absolute Gasteiger partial charge is 0.126 e. The van der Waals surface area contributed by atoms with Gasteiger partial charge in [-0.3, -0.25) is 0 Å². The number of para-hydroxylation sites is 2. The molecule has 0 spiro atoms. The topological polar surface area (TPSA) is 33.3 Å². The van der Waals surface area contributed by atoms with Gasteiger partial charge in [0.2, 0.25) is 0 Å². The molecule has 0 aromatic heterocycles. The third kappa shape index (κ3) is 3.74. The zero-order valence-electron chi connectivity index (χ0n) is 16.6. The van der Waals surface area contributed by atoms with Crippen molar-refractivity contribution in [1.82, 2.24) is 0 Å². The average Bonchev–Trinajstić information content (AvgIpc) is 2.72. The van der Waals surface area contributed by atoms with Crippen LogP contribution in [-0.2, 0) is 0 Å². The minimum Gasteiger partial charge on any atom is -0.496 e. The van der Waals surface area contributed by atoms with Crippen molar-refractivity contribution in [3.63, 3.8) is 0 Å². The lowest BCUT2D eigenvalue weighted by molar-refractivity contribution is 0.416. The second-order valence-corrected chi connectivity index (χ2v) is 7.70. The number of fused-ring (bicyclic) bond motifs is 1. The van der Waals surface area contributed by atoms with E-state index in [9.17, 15) is 0 Å². The molecule has 1 aliphatic heterocycles. The highest BCUT2D eigenvalue weighted by molar-refractivity contribution is 5.87. The molecule has 0 aliphatic carbocycles. The zero-order chi connectivity index (χ0) is 19.6. The summed E-state index contributed by atoms with van der Waals surface area (Å²) in [6.45, 7) is 5.18. The molecule has 0 amide bonds. The molecule has 0 fully saturated rings. The maximum absolute atomic E-state index is 5.57. The van der Waals surface area contributed by atoms with Crippen molar-refractivity contribution in [1.29, 1.82) is 0 Å². The summed E-state index contributed by atoms with van der Waals surface area (Å²) in [6.07, 6.45) is 2.32. The SMILES string of the molecule is COc1ccccc1-c1ccc2c(c1)C(CNc1ccccc1)=CC(C)(C)N2. The number of anilines is 2. The third-order valence-electron chi connectivity index (χ3n) is 5.03. The second kappa shape index (κ2) is 7.43. The van der Waals surface area contributed by atoms with Crippen LogP contribution in [0, 0.1) is 0 Å². The predicted molar refractivity (Wildman–Crippen MR) is 119 cm³/mol.